The molecular formula is C22H27NO6S. The molecule has 0 spiro atoms. The number of sulfonamides is 1. The Kier molecular flexibility index (Phi) is 6.10. The van der Waals surface area contributed by atoms with Crippen molar-refractivity contribution in [3.63, 3.8) is 0 Å². The van der Waals surface area contributed by atoms with Crippen LogP contribution in [0.1, 0.15) is 50.3 Å². The Labute approximate surface area is 176 Å². The van der Waals surface area contributed by atoms with Crippen molar-refractivity contribution in [1.29, 1.82) is 0 Å². The van der Waals surface area contributed by atoms with Crippen molar-refractivity contribution >= 4 is 16.0 Å². The van der Waals surface area contributed by atoms with E-state index in [0.717, 1.165) is 16.7 Å². The van der Waals surface area contributed by atoms with Gasteiger partial charge in [-0.2, -0.15) is 0 Å². The van der Waals surface area contributed by atoms with Gasteiger partial charge in [0.25, 0.3) is 0 Å². The summed E-state index contributed by atoms with van der Waals surface area (Å²) in [6, 6.07) is 11.0. The van der Waals surface area contributed by atoms with E-state index in [0.29, 0.717) is 36.3 Å². The van der Waals surface area contributed by atoms with E-state index in [1.165, 1.54) is 0 Å². The number of fused-ring (bicyclic) bond motifs is 3. The highest BCUT2D eigenvalue weighted by atomic mass is 32.2. The van der Waals surface area contributed by atoms with Gasteiger partial charge in [-0.25, -0.2) is 13.6 Å². The number of carboxylic acids is 1. The van der Waals surface area contributed by atoms with Gasteiger partial charge in [0.1, 0.15) is 17.6 Å². The van der Waals surface area contributed by atoms with Crippen molar-refractivity contribution in [2.75, 3.05) is 7.11 Å². The molecule has 1 aliphatic rings. The van der Waals surface area contributed by atoms with Crippen LogP contribution in [0.5, 0.6) is 11.5 Å². The van der Waals surface area contributed by atoms with Crippen molar-refractivity contribution < 1.29 is 27.8 Å². The summed E-state index contributed by atoms with van der Waals surface area (Å²) in [6.45, 7) is 3.41. The molecule has 1 aliphatic heterocycles. The van der Waals surface area contributed by atoms with Crippen LogP contribution < -0.4 is 14.6 Å². The molecule has 0 fully saturated rings. The van der Waals surface area contributed by atoms with E-state index in [1.807, 2.05) is 30.3 Å². The van der Waals surface area contributed by atoms with Crippen molar-refractivity contribution in [2.24, 2.45) is 10.6 Å². The summed E-state index contributed by atoms with van der Waals surface area (Å²) in [5.74, 6) is 0.248. The lowest BCUT2D eigenvalue weighted by Gasteiger charge is -2.31. The van der Waals surface area contributed by atoms with Gasteiger partial charge in [-0.15, -0.1) is 0 Å². The van der Waals surface area contributed by atoms with Crippen LogP contribution in [-0.2, 0) is 20.6 Å². The van der Waals surface area contributed by atoms with Crippen LogP contribution in [0, 0.1) is 5.41 Å². The van der Waals surface area contributed by atoms with E-state index in [2.05, 4.69) is 0 Å². The summed E-state index contributed by atoms with van der Waals surface area (Å²) >= 11 is 0. The lowest BCUT2D eigenvalue weighted by molar-refractivity contribution is -0.147. The Bertz CT molecular complexity index is 1060. The first kappa shape index (κ1) is 22.1. The second-order valence-electron chi connectivity index (χ2n) is 8.25. The third-order valence-electron chi connectivity index (χ3n) is 5.42. The molecule has 30 heavy (non-hydrogen) atoms. The number of carboxylic acid groups (broad SMARTS) is 1. The van der Waals surface area contributed by atoms with Gasteiger partial charge in [0.15, 0.2) is 0 Å². The third kappa shape index (κ3) is 4.76. The average molecular weight is 434 g/mol. The molecular weight excluding hydrogens is 406 g/mol. The fourth-order valence-corrected chi connectivity index (χ4v) is 4.38. The van der Waals surface area contributed by atoms with Crippen molar-refractivity contribution in [3.8, 4) is 22.6 Å². The van der Waals surface area contributed by atoms with Gasteiger partial charge < -0.3 is 14.6 Å². The Morgan fingerprint density at radius 3 is 2.63 bits per heavy atom. The second-order valence-corrected chi connectivity index (χ2v) is 9.86. The Hall–Kier alpha value is -2.58. The monoisotopic (exact) mass is 433 g/mol. The number of rotatable bonds is 8. The maximum absolute atomic E-state index is 11.6. The van der Waals surface area contributed by atoms with Gasteiger partial charge in [-0.1, -0.05) is 24.3 Å². The SMILES string of the molecule is COc1cccc2c1-c1ccc(CS(N)(=O)=O)cc1C(CCCC(C)(C)C(=O)O)O2. The number of benzene rings is 2. The first-order valence-electron chi connectivity index (χ1n) is 9.72. The molecule has 0 aliphatic carbocycles. The number of ether oxygens (including phenoxy) is 2. The molecule has 7 nitrogen and oxygen atoms in total. The first-order chi connectivity index (χ1) is 14.0. The van der Waals surface area contributed by atoms with Crippen LogP contribution in [0.3, 0.4) is 0 Å². The zero-order chi connectivity index (χ0) is 22.1. The van der Waals surface area contributed by atoms with Crippen LogP contribution in [0.15, 0.2) is 36.4 Å². The minimum Gasteiger partial charge on any atom is -0.496 e. The van der Waals surface area contributed by atoms with E-state index in [9.17, 15) is 18.3 Å². The molecule has 1 unspecified atom stereocenters. The van der Waals surface area contributed by atoms with Crippen LogP contribution >= 0.6 is 0 Å². The quantitative estimate of drug-likeness (QED) is 0.653. The van der Waals surface area contributed by atoms with Crippen molar-refractivity contribution in [3.05, 3.63) is 47.5 Å². The van der Waals surface area contributed by atoms with Crippen molar-refractivity contribution in [1.82, 2.24) is 0 Å². The Morgan fingerprint density at radius 1 is 1.27 bits per heavy atom. The summed E-state index contributed by atoms with van der Waals surface area (Å²) in [5.41, 5.74) is 2.33. The minimum atomic E-state index is -3.67. The molecule has 1 heterocycles. The predicted molar refractivity (Wildman–Crippen MR) is 114 cm³/mol. The summed E-state index contributed by atoms with van der Waals surface area (Å²) in [4.78, 5) is 11.4. The molecule has 2 aromatic rings. The number of nitrogens with two attached hydrogens (primary N) is 1. The van der Waals surface area contributed by atoms with Crippen LogP contribution in [0.2, 0.25) is 0 Å². The van der Waals surface area contributed by atoms with E-state index in [-0.39, 0.29) is 11.9 Å². The minimum absolute atomic E-state index is 0.266. The zero-order valence-corrected chi connectivity index (χ0v) is 18.2. The van der Waals surface area contributed by atoms with Gasteiger partial charge >= 0.3 is 5.97 Å². The Morgan fingerprint density at radius 2 is 2.00 bits per heavy atom. The van der Waals surface area contributed by atoms with Gasteiger partial charge in [-0.3, -0.25) is 4.79 Å². The van der Waals surface area contributed by atoms with E-state index >= 15 is 0 Å². The molecule has 8 heteroatoms. The maximum atomic E-state index is 11.6. The van der Waals surface area contributed by atoms with Crippen LogP contribution in [0.25, 0.3) is 11.1 Å². The van der Waals surface area contributed by atoms with E-state index < -0.39 is 21.4 Å². The molecule has 3 rings (SSSR count). The number of methoxy groups -OCH3 is 1. The first-order valence-corrected chi connectivity index (χ1v) is 11.4. The molecule has 0 bridgehead atoms. The number of carbonyl (C=O) groups is 1. The van der Waals surface area contributed by atoms with Gasteiger partial charge in [0.05, 0.1) is 23.8 Å². The highest BCUT2D eigenvalue weighted by Crippen LogP contribution is 2.48. The number of primary sulfonamides is 1. The lowest BCUT2D eigenvalue weighted by atomic mass is 9.84. The predicted octanol–water partition coefficient (Wildman–Crippen LogP) is 3.87. The summed E-state index contributed by atoms with van der Waals surface area (Å²) in [5, 5.41) is 14.6. The number of hydrogen-bond donors (Lipinski definition) is 2. The molecule has 3 N–H and O–H groups in total. The molecule has 0 amide bonds. The highest BCUT2D eigenvalue weighted by Gasteiger charge is 2.31. The van der Waals surface area contributed by atoms with E-state index in [1.54, 1.807) is 27.0 Å². The largest absolute Gasteiger partial charge is 0.496 e. The van der Waals surface area contributed by atoms with Gasteiger partial charge in [0, 0.05) is 5.56 Å². The molecule has 2 aromatic carbocycles. The van der Waals surface area contributed by atoms with E-state index in [4.69, 9.17) is 14.6 Å². The maximum Gasteiger partial charge on any atom is 0.309 e. The average Bonchev–Trinajstić information content (AvgIpc) is 2.65. The summed E-state index contributed by atoms with van der Waals surface area (Å²) < 4.78 is 34.9. The van der Waals surface area contributed by atoms with Gasteiger partial charge in [0.2, 0.25) is 10.0 Å². The lowest BCUT2D eigenvalue weighted by Crippen LogP contribution is -2.24. The summed E-state index contributed by atoms with van der Waals surface area (Å²) in [6.07, 6.45) is 1.41. The summed E-state index contributed by atoms with van der Waals surface area (Å²) in [7, 11) is -2.08. The molecule has 1 atom stereocenters. The fraction of sp³-hybridized carbons (Fsp3) is 0.409. The standard InChI is InChI=1S/C22H27NO6S/c1-22(2,21(24)25)11-5-8-17-16-12-14(13-30(23,26)27)9-10-15(16)20-18(28-3)6-4-7-19(20)29-17/h4,6-7,9-10,12,17H,5,8,11,13H2,1-3H3,(H,24,25)(H2,23,26,27). The zero-order valence-electron chi connectivity index (χ0n) is 17.3. The fourth-order valence-electron chi connectivity index (χ4n) is 3.74. The topological polar surface area (TPSA) is 116 Å². The van der Waals surface area contributed by atoms with Crippen molar-refractivity contribution in [2.45, 2.75) is 45.0 Å². The molecule has 162 valence electrons. The molecule has 0 saturated carbocycles. The highest BCUT2D eigenvalue weighted by molar-refractivity contribution is 7.88. The molecule has 0 aromatic heterocycles. The molecule has 0 saturated heterocycles. The van der Waals surface area contributed by atoms with Crippen LogP contribution in [-0.4, -0.2) is 26.6 Å². The number of hydrogen-bond acceptors (Lipinski definition) is 5. The smallest absolute Gasteiger partial charge is 0.309 e. The molecule has 0 radical (unpaired) electrons. The number of aliphatic carboxylic acids is 1. The normalized spacial score (nSPS) is 15.7. The van der Waals surface area contributed by atoms with Crippen LogP contribution in [0.4, 0.5) is 0 Å². The second kappa shape index (κ2) is 8.28. The third-order valence-corrected chi connectivity index (χ3v) is 6.16. The van der Waals surface area contributed by atoms with Gasteiger partial charge in [-0.05, 0) is 56.4 Å². The Balaban J connectivity index is 1.97.